The third-order valence-corrected chi connectivity index (χ3v) is 11.8. The van der Waals surface area contributed by atoms with E-state index in [0.29, 0.717) is 12.6 Å². The van der Waals surface area contributed by atoms with Crippen molar-refractivity contribution in [3.05, 3.63) is 54.6 Å². The molecule has 4 aromatic rings. The maximum Gasteiger partial charge on any atom is 0.319 e. The number of carbonyl (C=O) groups excluding carboxylic acids is 1. The van der Waals surface area contributed by atoms with Crippen molar-refractivity contribution < 1.29 is 14.6 Å². The highest BCUT2D eigenvalue weighted by molar-refractivity contribution is 6.01. The smallest absolute Gasteiger partial charge is 0.319 e. The average Bonchev–Trinajstić information content (AvgIpc) is 3.77. The Morgan fingerprint density at radius 1 is 0.938 bits per heavy atom. The monoisotopic (exact) mass is 647 g/mol. The van der Waals surface area contributed by atoms with Gasteiger partial charge in [0.2, 0.25) is 0 Å². The summed E-state index contributed by atoms with van der Waals surface area (Å²) in [5.74, 6) is 1.12. The van der Waals surface area contributed by atoms with E-state index in [0.717, 1.165) is 116 Å². The Morgan fingerprint density at radius 3 is 2.50 bits per heavy atom. The summed E-state index contributed by atoms with van der Waals surface area (Å²) in [4.78, 5) is 30.8. The summed E-state index contributed by atoms with van der Waals surface area (Å²) in [7, 11) is 0. The molecular formula is C38H45N7O3. The van der Waals surface area contributed by atoms with Gasteiger partial charge in [-0.3, -0.25) is 4.90 Å². The molecule has 2 atom stereocenters. The molecule has 250 valence electrons. The minimum atomic E-state index is 0.0885. The molecule has 0 radical (unpaired) electrons. The number of anilines is 1. The minimum absolute atomic E-state index is 0.0885. The molecule has 6 heterocycles. The molecule has 1 aromatic heterocycles. The van der Waals surface area contributed by atoms with Crippen LogP contribution in [-0.2, 0) is 0 Å². The number of rotatable bonds is 6. The standard InChI is InChI=1S/C38H45N7O3/c46-30-19-25-5-1-2-6-31(25)33(21-30)26-7-10-32-34(20-26)41-36(48-24-38-13-3-17-44(38)18-4-14-38)42-35(32)43-22-28-8-9-29(23-43)45(28)37(47)40-27-11-15-39-16-12-27/h1-2,5-7,10,19-21,27-29,39,46H,3-4,8-9,11-18,22-24H2,(H,40,47)/t28-,29+. The highest BCUT2D eigenvalue weighted by Gasteiger charge is 2.46. The van der Waals surface area contributed by atoms with Gasteiger partial charge in [0.15, 0.2) is 0 Å². The highest BCUT2D eigenvalue weighted by atomic mass is 16.5. The predicted molar refractivity (Wildman–Crippen MR) is 188 cm³/mol. The van der Waals surface area contributed by atoms with Crippen LogP contribution in [0.4, 0.5) is 10.6 Å². The molecule has 3 aromatic carbocycles. The van der Waals surface area contributed by atoms with Gasteiger partial charge in [0, 0.05) is 24.5 Å². The van der Waals surface area contributed by atoms with E-state index in [1.165, 1.54) is 12.8 Å². The van der Waals surface area contributed by atoms with Crippen molar-refractivity contribution in [3.63, 3.8) is 0 Å². The Bertz CT molecular complexity index is 1840. The Morgan fingerprint density at radius 2 is 1.71 bits per heavy atom. The van der Waals surface area contributed by atoms with Gasteiger partial charge >= 0.3 is 12.0 Å². The number of carbonyl (C=O) groups is 1. The number of aromatic hydroxyl groups is 1. The highest BCUT2D eigenvalue weighted by Crippen LogP contribution is 2.41. The molecule has 9 rings (SSSR count). The average molecular weight is 648 g/mol. The lowest BCUT2D eigenvalue weighted by Gasteiger charge is -2.42. The number of hydrogen-bond acceptors (Lipinski definition) is 8. The van der Waals surface area contributed by atoms with E-state index in [4.69, 9.17) is 14.7 Å². The number of nitrogens with one attached hydrogen (secondary N) is 2. The fraction of sp³-hybridized carbons (Fsp3) is 0.500. The Labute approximate surface area is 281 Å². The molecule has 0 saturated carbocycles. The molecule has 10 nitrogen and oxygen atoms in total. The van der Waals surface area contributed by atoms with Crippen LogP contribution in [-0.4, -0.2) is 100 Å². The van der Waals surface area contributed by atoms with Gasteiger partial charge in [0.25, 0.3) is 0 Å². The first-order chi connectivity index (χ1) is 23.5. The van der Waals surface area contributed by atoms with Crippen LogP contribution in [0.1, 0.15) is 51.4 Å². The summed E-state index contributed by atoms with van der Waals surface area (Å²) in [6.07, 6.45) is 8.71. The number of phenols is 1. The van der Waals surface area contributed by atoms with Crippen molar-refractivity contribution in [1.29, 1.82) is 0 Å². The minimum Gasteiger partial charge on any atom is -0.508 e. The third-order valence-electron chi connectivity index (χ3n) is 11.8. The van der Waals surface area contributed by atoms with Crippen LogP contribution in [0, 0.1) is 0 Å². The molecule has 48 heavy (non-hydrogen) atoms. The number of amides is 2. The number of aromatic nitrogens is 2. The number of piperidine rings is 1. The quantitative estimate of drug-likeness (QED) is 0.260. The molecule has 0 spiro atoms. The Hall–Kier alpha value is -4.15. The maximum atomic E-state index is 13.5. The van der Waals surface area contributed by atoms with Gasteiger partial charge in [-0.1, -0.05) is 30.3 Å². The van der Waals surface area contributed by atoms with Crippen LogP contribution in [0.25, 0.3) is 32.8 Å². The normalized spacial score (nSPS) is 24.0. The fourth-order valence-corrected chi connectivity index (χ4v) is 9.38. The Kier molecular flexibility index (Phi) is 7.53. The van der Waals surface area contributed by atoms with Crippen LogP contribution >= 0.6 is 0 Å². The number of hydrogen-bond donors (Lipinski definition) is 3. The molecule has 10 heteroatoms. The zero-order chi connectivity index (χ0) is 32.2. The molecule has 5 fully saturated rings. The maximum absolute atomic E-state index is 13.5. The summed E-state index contributed by atoms with van der Waals surface area (Å²) in [5, 5.41) is 20.4. The Balaban J connectivity index is 1.06. The van der Waals surface area contributed by atoms with E-state index < -0.39 is 0 Å². The van der Waals surface area contributed by atoms with Gasteiger partial charge in [-0.25, -0.2) is 4.79 Å². The predicted octanol–water partition coefficient (Wildman–Crippen LogP) is 5.28. The van der Waals surface area contributed by atoms with Crippen LogP contribution in [0.15, 0.2) is 54.6 Å². The number of benzene rings is 3. The second-order valence-corrected chi connectivity index (χ2v) is 14.7. The molecule has 0 unspecified atom stereocenters. The van der Waals surface area contributed by atoms with Crippen molar-refractivity contribution in [3.8, 4) is 22.9 Å². The lowest BCUT2D eigenvalue weighted by atomic mass is 9.95. The van der Waals surface area contributed by atoms with Crippen molar-refractivity contribution >= 4 is 33.5 Å². The number of nitrogens with zero attached hydrogens (tertiary/aromatic N) is 5. The second-order valence-electron chi connectivity index (χ2n) is 14.7. The molecule has 5 aliphatic heterocycles. The van der Waals surface area contributed by atoms with Gasteiger partial charge in [0.1, 0.15) is 18.2 Å². The van der Waals surface area contributed by atoms with E-state index in [1.54, 1.807) is 6.07 Å². The van der Waals surface area contributed by atoms with Crippen molar-refractivity contribution in [2.45, 2.75) is 75.0 Å². The van der Waals surface area contributed by atoms with E-state index in [2.05, 4.69) is 49.6 Å². The lowest BCUT2D eigenvalue weighted by Crippen LogP contribution is -2.60. The molecule has 3 N–H and O–H groups in total. The van der Waals surface area contributed by atoms with Crippen LogP contribution < -0.4 is 20.3 Å². The topological polar surface area (TPSA) is 106 Å². The van der Waals surface area contributed by atoms with Gasteiger partial charge in [-0.05, 0) is 124 Å². The summed E-state index contributed by atoms with van der Waals surface area (Å²) in [6, 6.07) is 19.2. The summed E-state index contributed by atoms with van der Waals surface area (Å²) < 4.78 is 6.57. The number of fused-ring (bicyclic) bond motifs is 5. The number of ether oxygens (including phenoxy) is 1. The van der Waals surface area contributed by atoms with E-state index in [9.17, 15) is 9.90 Å². The number of phenolic OH excluding ortho intramolecular Hbond substituents is 1. The first-order valence-electron chi connectivity index (χ1n) is 18.0. The van der Waals surface area contributed by atoms with Crippen LogP contribution in [0.3, 0.4) is 0 Å². The summed E-state index contributed by atoms with van der Waals surface area (Å²) >= 11 is 0. The van der Waals surface area contributed by atoms with E-state index in [-0.39, 0.29) is 35.4 Å². The van der Waals surface area contributed by atoms with E-state index >= 15 is 0 Å². The molecule has 5 aliphatic rings. The number of urea groups is 1. The SMILES string of the molecule is O=C(NC1CCNCC1)N1[C@@H]2CC[C@H]1CN(c1nc(OCC34CCCN3CCC4)nc3cc(-c4cc(O)cc5ccccc45)ccc13)C2. The summed E-state index contributed by atoms with van der Waals surface area (Å²) in [6.45, 7) is 6.28. The van der Waals surface area contributed by atoms with E-state index in [1.807, 2.05) is 24.3 Å². The lowest BCUT2D eigenvalue weighted by molar-refractivity contribution is 0.108. The molecule has 2 amide bonds. The van der Waals surface area contributed by atoms with Crippen molar-refractivity contribution in [2.75, 3.05) is 50.8 Å². The third kappa shape index (κ3) is 5.29. The van der Waals surface area contributed by atoms with Crippen LogP contribution in [0.2, 0.25) is 0 Å². The molecule has 2 bridgehead atoms. The van der Waals surface area contributed by atoms with Gasteiger partial charge in [-0.15, -0.1) is 0 Å². The van der Waals surface area contributed by atoms with Gasteiger partial charge in [0.05, 0.1) is 23.1 Å². The fourth-order valence-electron chi connectivity index (χ4n) is 9.38. The van der Waals surface area contributed by atoms with Crippen LogP contribution in [0.5, 0.6) is 11.8 Å². The second kappa shape index (κ2) is 12.1. The molecule has 5 saturated heterocycles. The summed E-state index contributed by atoms with van der Waals surface area (Å²) in [5.41, 5.74) is 2.87. The zero-order valence-corrected chi connectivity index (χ0v) is 27.5. The first kappa shape index (κ1) is 29.9. The first-order valence-corrected chi connectivity index (χ1v) is 18.0. The van der Waals surface area contributed by atoms with Crippen molar-refractivity contribution in [2.24, 2.45) is 0 Å². The van der Waals surface area contributed by atoms with Gasteiger partial charge in [-0.2, -0.15) is 9.97 Å². The molecule has 0 aliphatic carbocycles. The van der Waals surface area contributed by atoms with Crippen molar-refractivity contribution in [1.82, 2.24) is 30.4 Å². The van der Waals surface area contributed by atoms with Gasteiger partial charge < -0.3 is 30.3 Å². The zero-order valence-electron chi connectivity index (χ0n) is 27.5. The molecular weight excluding hydrogens is 602 g/mol. The number of piperazine rings is 1. The largest absolute Gasteiger partial charge is 0.508 e.